The number of carbonyl (C=O) groups excluding carboxylic acids is 1. The molecule has 1 unspecified atom stereocenters. The van der Waals surface area contributed by atoms with Gasteiger partial charge in [0.1, 0.15) is 18.5 Å². The van der Waals surface area contributed by atoms with E-state index < -0.39 is 0 Å². The van der Waals surface area contributed by atoms with E-state index in [4.69, 9.17) is 4.74 Å². The average molecular weight is 224 g/mol. The van der Waals surface area contributed by atoms with E-state index in [1.54, 1.807) is 11.0 Å². The van der Waals surface area contributed by atoms with Crippen molar-refractivity contribution < 1.29 is 13.9 Å². The number of amides is 1. The van der Waals surface area contributed by atoms with Gasteiger partial charge in [-0.1, -0.05) is 0 Å². The largest absolute Gasteiger partial charge is 0.447 e. The van der Waals surface area contributed by atoms with Crippen molar-refractivity contribution in [3.05, 3.63) is 29.8 Å². The molecule has 1 atom stereocenters. The fourth-order valence-corrected chi connectivity index (χ4v) is 1.82. The minimum Gasteiger partial charge on any atom is -0.447 e. The molecule has 4 nitrogen and oxygen atoms in total. The maximum absolute atomic E-state index is 12.7. The van der Waals surface area contributed by atoms with E-state index in [0.717, 1.165) is 6.20 Å². The smallest absolute Gasteiger partial charge is 0.410 e. The van der Waals surface area contributed by atoms with Gasteiger partial charge in [-0.05, 0) is 26.0 Å². The van der Waals surface area contributed by atoms with Gasteiger partial charge in [-0.15, -0.1) is 0 Å². The molecule has 0 N–H and O–H groups in total. The molecule has 1 aliphatic rings. The minimum absolute atomic E-state index is 0.0341. The molecule has 0 spiro atoms. The number of cyclic esters (lactones) is 1. The van der Waals surface area contributed by atoms with Crippen molar-refractivity contribution in [2.75, 3.05) is 6.61 Å². The fraction of sp³-hybridized carbons (Fsp3) is 0.455. The lowest BCUT2D eigenvalue weighted by atomic mass is 10.1. The second kappa shape index (κ2) is 4.08. The Hall–Kier alpha value is -1.65. The highest BCUT2D eigenvalue weighted by molar-refractivity contribution is 5.70. The monoisotopic (exact) mass is 224 g/mol. The molecule has 2 rings (SSSR count). The van der Waals surface area contributed by atoms with Crippen molar-refractivity contribution in [2.45, 2.75) is 25.9 Å². The summed E-state index contributed by atoms with van der Waals surface area (Å²) in [5.41, 5.74) is 0.654. The van der Waals surface area contributed by atoms with Gasteiger partial charge in [0.25, 0.3) is 0 Å². The Kier molecular flexibility index (Phi) is 2.77. The zero-order valence-electron chi connectivity index (χ0n) is 9.18. The third kappa shape index (κ3) is 1.85. The molecule has 0 aromatic carbocycles. The Morgan fingerprint density at radius 3 is 2.88 bits per heavy atom. The lowest BCUT2D eigenvalue weighted by Gasteiger charge is -2.24. The Morgan fingerprint density at radius 1 is 1.56 bits per heavy atom. The number of ether oxygens (including phenoxy) is 1. The predicted octanol–water partition coefficient (Wildman–Crippen LogP) is 2.12. The van der Waals surface area contributed by atoms with Crippen molar-refractivity contribution in [1.82, 2.24) is 9.88 Å². The Labute approximate surface area is 93.0 Å². The number of hydrogen-bond acceptors (Lipinski definition) is 3. The van der Waals surface area contributed by atoms with Crippen LogP contribution in [0.5, 0.6) is 0 Å². The summed E-state index contributed by atoms with van der Waals surface area (Å²) in [6.07, 6.45) is 0.808. The lowest BCUT2D eigenvalue weighted by Crippen LogP contribution is -2.34. The van der Waals surface area contributed by atoms with Crippen molar-refractivity contribution in [2.24, 2.45) is 0 Å². The van der Waals surface area contributed by atoms with Crippen LogP contribution >= 0.6 is 0 Å². The van der Waals surface area contributed by atoms with E-state index in [1.165, 1.54) is 6.07 Å². The Balaban J connectivity index is 2.26. The van der Waals surface area contributed by atoms with Crippen LogP contribution in [-0.4, -0.2) is 28.6 Å². The highest BCUT2D eigenvalue weighted by Crippen LogP contribution is 2.28. The van der Waals surface area contributed by atoms with Crippen molar-refractivity contribution in [3.63, 3.8) is 0 Å². The normalized spacial score (nSPS) is 20.4. The van der Waals surface area contributed by atoms with E-state index in [2.05, 4.69) is 4.98 Å². The molecule has 86 valence electrons. The van der Waals surface area contributed by atoms with E-state index in [9.17, 15) is 9.18 Å². The summed E-state index contributed by atoms with van der Waals surface area (Å²) in [4.78, 5) is 17.1. The first kappa shape index (κ1) is 10.9. The molecule has 1 aromatic rings. The molecule has 1 amide bonds. The molecule has 1 fully saturated rings. The maximum atomic E-state index is 12.7. The molecule has 0 bridgehead atoms. The van der Waals surface area contributed by atoms with Crippen LogP contribution in [-0.2, 0) is 4.74 Å². The van der Waals surface area contributed by atoms with Crippen molar-refractivity contribution >= 4 is 6.09 Å². The summed E-state index contributed by atoms with van der Waals surface area (Å²) >= 11 is 0. The second-order valence-corrected chi connectivity index (χ2v) is 4.00. The van der Waals surface area contributed by atoms with Gasteiger partial charge >= 0.3 is 6.09 Å². The lowest BCUT2D eigenvalue weighted by molar-refractivity contribution is 0.149. The fourth-order valence-electron chi connectivity index (χ4n) is 1.82. The number of pyridine rings is 1. The number of halogens is 1. The van der Waals surface area contributed by atoms with Gasteiger partial charge in [0.15, 0.2) is 0 Å². The number of aromatic nitrogens is 1. The summed E-state index contributed by atoms with van der Waals surface area (Å²) in [6, 6.07) is 2.74. The molecular weight excluding hydrogens is 211 g/mol. The number of carbonyl (C=O) groups is 1. The zero-order chi connectivity index (χ0) is 11.7. The molecule has 1 aromatic heterocycles. The molecule has 5 heteroatoms. The molecule has 0 radical (unpaired) electrons. The third-order valence-electron chi connectivity index (χ3n) is 2.56. The Morgan fingerprint density at radius 2 is 2.31 bits per heavy atom. The van der Waals surface area contributed by atoms with Gasteiger partial charge in [0, 0.05) is 6.04 Å². The Bertz CT molecular complexity index is 391. The standard InChI is InChI=1S/C11H13FN2O2/c1-7(2)14-10(6-16-11(14)15)9-4-3-8(12)5-13-9/h3-5,7,10H,6H2,1-2H3. The number of rotatable bonds is 2. The molecule has 1 aliphatic heterocycles. The highest BCUT2D eigenvalue weighted by Gasteiger charge is 2.36. The van der Waals surface area contributed by atoms with Crippen LogP contribution in [0, 0.1) is 5.82 Å². The van der Waals surface area contributed by atoms with Gasteiger partial charge < -0.3 is 4.74 Å². The van der Waals surface area contributed by atoms with Crippen LogP contribution < -0.4 is 0 Å². The van der Waals surface area contributed by atoms with Gasteiger partial charge in [0.2, 0.25) is 0 Å². The van der Waals surface area contributed by atoms with E-state index in [0.29, 0.717) is 5.69 Å². The summed E-state index contributed by atoms with van der Waals surface area (Å²) in [6.45, 7) is 4.09. The van der Waals surface area contributed by atoms with E-state index in [-0.39, 0.29) is 30.6 Å². The molecule has 16 heavy (non-hydrogen) atoms. The first-order valence-electron chi connectivity index (χ1n) is 5.16. The topological polar surface area (TPSA) is 42.4 Å². The van der Waals surface area contributed by atoms with E-state index in [1.807, 2.05) is 13.8 Å². The summed E-state index contributed by atoms with van der Waals surface area (Å²) in [7, 11) is 0. The van der Waals surface area contributed by atoms with Gasteiger partial charge in [-0.2, -0.15) is 0 Å². The minimum atomic E-state index is -0.384. The van der Waals surface area contributed by atoms with Gasteiger partial charge in [0.05, 0.1) is 11.9 Å². The van der Waals surface area contributed by atoms with Crippen LogP contribution in [0.3, 0.4) is 0 Å². The highest BCUT2D eigenvalue weighted by atomic mass is 19.1. The first-order valence-corrected chi connectivity index (χ1v) is 5.16. The van der Waals surface area contributed by atoms with Gasteiger partial charge in [-0.3, -0.25) is 9.88 Å². The maximum Gasteiger partial charge on any atom is 0.410 e. The van der Waals surface area contributed by atoms with Crippen LogP contribution in [0.15, 0.2) is 18.3 Å². The summed E-state index contributed by atoms with van der Waals surface area (Å²) < 4.78 is 17.7. The van der Waals surface area contributed by atoms with E-state index >= 15 is 0 Å². The van der Waals surface area contributed by atoms with Crippen molar-refractivity contribution in [1.29, 1.82) is 0 Å². The van der Waals surface area contributed by atoms with Crippen LogP contribution in [0.2, 0.25) is 0 Å². The van der Waals surface area contributed by atoms with Gasteiger partial charge in [-0.25, -0.2) is 9.18 Å². The van der Waals surface area contributed by atoms with Crippen LogP contribution in [0.4, 0.5) is 9.18 Å². The number of nitrogens with zero attached hydrogens (tertiary/aromatic N) is 2. The second-order valence-electron chi connectivity index (χ2n) is 4.00. The average Bonchev–Trinajstić information content (AvgIpc) is 2.61. The quantitative estimate of drug-likeness (QED) is 0.772. The first-order chi connectivity index (χ1) is 7.59. The molecule has 0 aliphatic carbocycles. The third-order valence-corrected chi connectivity index (χ3v) is 2.56. The molecule has 2 heterocycles. The summed E-state index contributed by atoms with van der Waals surface area (Å²) in [5.74, 6) is -0.384. The van der Waals surface area contributed by atoms with Crippen molar-refractivity contribution in [3.8, 4) is 0 Å². The molecule has 1 saturated heterocycles. The SMILES string of the molecule is CC(C)N1C(=O)OCC1c1ccc(F)cn1. The van der Waals surface area contributed by atoms with Crippen LogP contribution in [0.25, 0.3) is 0 Å². The summed E-state index contributed by atoms with van der Waals surface area (Å²) in [5, 5.41) is 0. The zero-order valence-corrected chi connectivity index (χ0v) is 9.18. The molecule has 0 saturated carbocycles. The van der Waals surface area contributed by atoms with Crippen LogP contribution in [0.1, 0.15) is 25.6 Å². The molecular formula is C11H13FN2O2. The number of hydrogen-bond donors (Lipinski definition) is 0. The predicted molar refractivity (Wildman–Crippen MR) is 55.3 cm³/mol.